The lowest BCUT2D eigenvalue weighted by Gasteiger charge is -2.14. The van der Waals surface area contributed by atoms with Crippen LogP contribution >= 0.6 is 15.9 Å². The molecule has 1 rings (SSSR count). The van der Waals surface area contributed by atoms with Crippen molar-refractivity contribution in [1.29, 1.82) is 0 Å². The number of halogens is 2. The molecule has 16 heavy (non-hydrogen) atoms. The van der Waals surface area contributed by atoms with Crippen LogP contribution in [0.2, 0.25) is 0 Å². The summed E-state index contributed by atoms with van der Waals surface area (Å²) in [7, 11) is 0. The lowest BCUT2D eigenvalue weighted by atomic mass is 9.98. The van der Waals surface area contributed by atoms with E-state index >= 15 is 0 Å². The van der Waals surface area contributed by atoms with Gasteiger partial charge in [0.2, 0.25) is 0 Å². The topological polar surface area (TPSA) is 57.5 Å². The van der Waals surface area contributed by atoms with E-state index in [0.29, 0.717) is 4.47 Å². The molecule has 1 aromatic carbocycles. The van der Waals surface area contributed by atoms with E-state index in [1.807, 2.05) is 0 Å². The number of carboxylic acids is 1. The maximum Gasteiger partial charge on any atom is 0.306 e. The molecule has 0 fully saturated rings. The third-order valence-electron chi connectivity index (χ3n) is 2.32. The number of hydrogen-bond acceptors (Lipinski definition) is 2. The van der Waals surface area contributed by atoms with Crippen molar-refractivity contribution in [3.8, 4) is 0 Å². The quantitative estimate of drug-likeness (QED) is 0.896. The van der Waals surface area contributed by atoms with Crippen molar-refractivity contribution in [1.82, 2.24) is 0 Å². The Morgan fingerprint density at radius 3 is 2.69 bits per heavy atom. The van der Waals surface area contributed by atoms with Crippen LogP contribution in [-0.4, -0.2) is 16.2 Å². The Kier molecular flexibility index (Phi) is 4.44. The van der Waals surface area contributed by atoms with Crippen molar-refractivity contribution >= 4 is 21.9 Å². The largest absolute Gasteiger partial charge is 0.481 e. The summed E-state index contributed by atoms with van der Waals surface area (Å²) in [6.07, 6.45) is -1.10. The van der Waals surface area contributed by atoms with Crippen molar-refractivity contribution < 1.29 is 19.4 Å². The van der Waals surface area contributed by atoms with E-state index in [4.69, 9.17) is 5.11 Å². The minimum absolute atomic E-state index is 0.00607. The summed E-state index contributed by atoms with van der Waals surface area (Å²) in [6.45, 7) is 1.47. The van der Waals surface area contributed by atoms with Crippen LogP contribution in [0.25, 0.3) is 0 Å². The molecular formula is C11H12BrFO3. The monoisotopic (exact) mass is 290 g/mol. The van der Waals surface area contributed by atoms with Crippen LogP contribution in [0.15, 0.2) is 22.7 Å². The Hall–Kier alpha value is -0.940. The highest BCUT2D eigenvalue weighted by molar-refractivity contribution is 9.10. The van der Waals surface area contributed by atoms with Crippen LogP contribution in [0.1, 0.15) is 25.0 Å². The number of aliphatic hydroxyl groups is 1. The van der Waals surface area contributed by atoms with Gasteiger partial charge in [-0.1, -0.05) is 28.9 Å². The molecule has 0 saturated heterocycles. The van der Waals surface area contributed by atoms with Crippen LogP contribution in [0.3, 0.4) is 0 Å². The summed E-state index contributed by atoms with van der Waals surface area (Å²) in [5, 5.41) is 18.4. The van der Waals surface area contributed by atoms with Crippen LogP contribution in [0.4, 0.5) is 4.39 Å². The summed E-state index contributed by atoms with van der Waals surface area (Å²) < 4.78 is 14.0. The second-order valence-electron chi connectivity index (χ2n) is 3.66. The summed E-state index contributed by atoms with van der Waals surface area (Å²) in [5.74, 6) is -2.26. The van der Waals surface area contributed by atoms with Crippen LogP contribution in [-0.2, 0) is 4.79 Å². The minimum atomic E-state index is -1.10. The Bertz CT molecular complexity index is 395. The van der Waals surface area contributed by atoms with E-state index in [-0.39, 0.29) is 12.0 Å². The normalized spacial score (nSPS) is 14.5. The molecule has 0 spiro atoms. The van der Waals surface area contributed by atoms with E-state index in [0.717, 1.165) is 0 Å². The van der Waals surface area contributed by atoms with Gasteiger partial charge in [0.05, 0.1) is 12.0 Å². The molecule has 0 aromatic heterocycles. The van der Waals surface area contributed by atoms with E-state index in [1.165, 1.54) is 19.1 Å². The zero-order valence-electron chi connectivity index (χ0n) is 8.65. The van der Waals surface area contributed by atoms with Gasteiger partial charge >= 0.3 is 5.97 Å². The van der Waals surface area contributed by atoms with Crippen LogP contribution in [0, 0.1) is 11.7 Å². The molecule has 0 radical (unpaired) electrons. The maximum atomic E-state index is 13.4. The number of hydrogen-bond donors (Lipinski definition) is 2. The second kappa shape index (κ2) is 5.41. The molecule has 1 aromatic rings. The smallest absolute Gasteiger partial charge is 0.306 e. The first-order valence-electron chi connectivity index (χ1n) is 4.77. The second-order valence-corrected chi connectivity index (χ2v) is 4.57. The third-order valence-corrected chi connectivity index (χ3v) is 2.81. The van der Waals surface area contributed by atoms with E-state index in [1.54, 1.807) is 6.07 Å². The lowest BCUT2D eigenvalue weighted by molar-refractivity contribution is -0.142. The van der Waals surface area contributed by atoms with Crippen molar-refractivity contribution in [2.45, 2.75) is 19.4 Å². The third kappa shape index (κ3) is 3.28. The maximum absolute atomic E-state index is 13.4. The van der Waals surface area contributed by atoms with Crippen molar-refractivity contribution in [3.63, 3.8) is 0 Å². The SMILES string of the molecule is CC(CC(O)c1ccc(Br)cc1F)C(=O)O. The van der Waals surface area contributed by atoms with Crippen molar-refractivity contribution in [2.75, 3.05) is 0 Å². The number of benzene rings is 1. The van der Waals surface area contributed by atoms with Gasteiger partial charge in [0.1, 0.15) is 5.82 Å². The molecule has 0 amide bonds. The molecule has 0 bridgehead atoms. The lowest BCUT2D eigenvalue weighted by Crippen LogP contribution is -2.14. The number of aliphatic hydroxyl groups excluding tert-OH is 1. The fraction of sp³-hybridized carbons (Fsp3) is 0.364. The van der Waals surface area contributed by atoms with Gasteiger partial charge in [-0.2, -0.15) is 0 Å². The average molecular weight is 291 g/mol. The number of carbonyl (C=O) groups is 1. The van der Waals surface area contributed by atoms with E-state index in [2.05, 4.69) is 15.9 Å². The van der Waals surface area contributed by atoms with Gasteiger partial charge < -0.3 is 10.2 Å². The molecule has 2 atom stereocenters. The molecule has 88 valence electrons. The summed E-state index contributed by atoms with van der Waals surface area (Å²) in [5.41, 5.74) is 0.122. The predicted molar refractivity (Wildman–Crippen MR) is 60.5 cm³/mol. The zero-order valence-corrected chi connectivity index (χ0v) is 10.2. The fourth-order valence-electron chi connectivity index (χ4n) is 1.33. The molecule has 0 aliphatic rings. The molecule has 2 unspecified atom stereocenters. The zero-order chi connectivity index (χ0) is 12.3. The Balaban J connectivity index is 2.80. The van der Waals surface area contributed by atoms with Gasteiger partial charge in [0, 0.05) is 10.0 Å². The Labute approximate surface area is 101 Å². The van der Waals surface area contributed by atoms with Crippen LogP contribution < -0.4 is 0 Å². The number of aliphatic carboxylic acids is 1. The summed E-state index contributed by atoms with van der Waals surface area (Å²) in [4.78, 5) is 10.6. The van der Waals surface area contributed by atoms with Gasteiger partial charge in [-0.25, -0.2) is 4.39 Å². The van der Waals surface area contributed by atoms with Gasteiger partial charge in [-0.3, -0.25) is 4.79 Å². The van der Waals surface area contributed by atoms with Crippen molar-refractivity contribution in [3.05, 3.63) is 34.1 Å². The van der Waals surface area contributed by atoms with E-state index < -0.39 is 23.8 Å². The highest BCUT2D eigenvalue weighted by atomic mass is 79.9. The first kappa shape index (κ1) is 13.1. The molecule has 0 saturated carbocycles. The standard InChI is InChI=1S/C11H12BrFO3/c1-6(11(15)16)4-10(14)8-3-2-7(12)5-9(8)13/h2-3,5-6,10,14H,4H2,1H3,(H,15,16). The molecule has 3 nitrogen and oxygen atoms in total. The first-order chi connectivity index (χ1) is 7.41. The van der Waals surface area contributed by atoms with Gasteiger partial charge in [0.15, 0.2) is 0 Å². The van der Waals surface area contributed by atoms with Gasteiger partial charge in [-0.05, 0) is 18.6 Å². The molecule has 2 N–H and O–H groups in total. The Morgan fingerprint density at radius 1 is 1.56 bits per heavy atom. The number of carboxylic acid groups (broad SMARTS) is 1. The highest BCUT2D eigenvalue weighted by Crippen LogP contribution is 2.25. The molecule has 0 heterocycles. The molecular weight excluding hydrogens is 279 g/mol. The van der Waals surface area contributed by atoms with E-state index in [9.17, 15) is 14.3 Å². The highest BCUT2D eigenvalue weighted by Gasteiger charge is 2.20. The molecule has 5 heteroatoms. The molecule has 0 aliphatic carbocycles. The minimum Gasteiger partial charge on any atom is -0.481 e. The van der Waals surface area contributed by atoms with Gasteiger partial charge in [0.25, 0.3) is 0 Å². The van der Waals surface area contributed by atoms with Crippen molar-refractivity contribution in [2.24, 2.45) is 5.92 Å². The molecule has 0 aliphatic heterocycles. The number of rotatable bonds is 4. The first-order valence-corrected chi connectivity index (χ1v) is 5.57. The average Bonchev–Trinajstić information content (AvgIpc) is 2.16. The predicted octanol–water partition coefficient (Wildman–Crippen LogP) is 2.73. The Morgan fingerprint density at radius 2 is 2.19 bits per heavy atom. The fourth-order valence-corrected chi connectivity index (χ4v) is 1.67. The summed E-state index contributed by atoms with van der Waals surface area (Å²) in [6, 6.07) is 4.29. The van der Waals surface area contributed by atoms with Gasteiger partial charge in [-0.15, -0.1) is 0 Å². The summed E-state index contributed by atoms with van der Waals surface area (Å²) >= 11 is 3.10. The van der Waals surface area contributed by atoms with Crippen LogP contribution in [0.5, 0.6) is 0 Å².